The van der Waals surface area contributed by atoms with Crippen LogP contribution in [0.25, 0.3) is 16.5 Å². The van der Waals surface area contributed by atoms with Crippen LogP contribution in [0, 0.1) is 12.3 Å². The number of nitrogens with zero attached hydrogens (tertiary/aromatic N) is 4. The molecule has 0 atom stereocenters. The van der Waals surface area contributed by atoms with Crippen molar-refractivity contribution in [3.63, 3.8) is 0 Å². The predicted molar refractivity (Wildman–Crippen MR) is 149 cm³/mol. The van der Waals surface area contributed by atoms with Crippen molar-refractivity contribution >= 4 is 29.1 Å². The third kappa shape index (κ3) is 7.20. The second kappa shape index (κ2) is 14.0. The zero-order chi connectivity index (χ0) is 25.6. The maximum atomic E-state index is 6.04. The molecule has 0 aliphatic rings. The lowest BCUT2D eigenvalue weighted by atomic mass is 10.1. The second-order valence-corrected chi connectivity index (χ2v) is 7.58. The van der Waals surface area contributed by atoms with E-state index in [2.05, 4.69) is 33.3 Å². The zero-order valence-electron chi connectivity index (χ0n) is 20.3. The van der Waals surface area contributed by atoms with Crippen LogP contribution in [0.15, 0.2) is 111 Å². The van der Waals surface area contributed by atoms with Crippen LogP contribution in [0.5, 0.6) is 0 Å². The van der Waals surface area contributed by atoms with Gasteiger partial charge in [0.05, 0.1) is 6.54 Å². The summed E-state index contributed by atoms with van der Waals surface area (Å²) < 4.78 is 6.04. The minimum atomic E-state index is 0.430. The molecule has 4 aromatic rings. The van der Waals surface area contributed by atoms with E-state index >= 15 is 0 Å². The molecule has 0 spiro atoms. The normalized spacial score (nSPS) is 12.0. The molecule has 3 aromatic heterocycles. The van der Waals surface area contributed by atoms with Gasteiger partial charge in [-0.15, -0.1) is 12.3 Å². The minimum Gasteiger partial charge on any atom is -0.456 e. The molecule has 180 valence electrons. The molecule has 1 aromatic carbocycles. The third-order valence-corrected chi connectivity index (χ3v) is 5.19. The molecule has 3 heterocycles. The number of terminal acetylenes is 1. The summed E-state index contributed by atoms with van der Waals surface area (Å²) in [6, 6.07) is 19.6. The Balaban J connectivity index is 0.00000176. The van der Waals surface area contributed by atoms with E-state index in [1.54, 1.807) is 18.6 Å². The number of pyridine rings is 2. The first-order valence-electron chi connectivity index (χ1n) is 11.5. The van der Waals surface area contributed by atoms with E-state index in [0.29, 0.717) is 25.2 Å². The number of amidine groups is 1. The molecule has 0 radical (unpaired) electrons. The first-order valence-corrected chi connectivity index (χ1v) is 11.5. The fourth-order valence-electron chi connectivity index (χ4n) is 3.50. The summed E-state index contributed by atoms with van der Waals surface area (Å²) in [6.45, 7) is 4.10. The van der Waals surface area contributed by atoms with Gasteiger partial charge >= 0.3 is 0 Å². The molecular formula is C30H29N5O. The van der Waals surface area contributed by atoms with Crippen LogP contribution in [-0.2, 0) is 6.42 Å². The highest BCUT2D eigenvalue weighted by molar-refractivity contribution is 6.01. The Labute approximate surface area is 212 Å². The summed E-state index contributed by atoms with van der Waals surface area (Å²) in [5.74, 6) is 4.05. The van der Waals surface area contributed by atoms with Gasteiger partial charge in [0.2, 0.25) is 0 Å². The van der Waals surface area contributed by atoms with E-state index in [1.807, 2.05) is 72.8 Å². The summed E-state index contributed by atoms with van der Waals surface area (Å²) in [7, 11) is 1.50. The van der Waals surface area contributed by atoms with Crippen LogP contribution in [0.1, 0.15) is 23.4 Å². The summed E-state index contributed by atoms with van der Waals surface area (Å²) in [4.78, 5) is 17.4. The van der Waals surface area contributed by atoms with E-state index < -0.39 is 0 Å². The van der Waals surface area contributed by atoms with E-state index in [4.69, 9.17) is 15.8 Å². The van der Waals surface area contributed by atoms with Crippen LogP contribution in [0.2, 0.25) is 0 Å². The average Bonchev–Trinajstić information content (AvgIpc) is 3.37. The molecule has 0 unspecified atom stereocenters. The highest BCUT2D eigenvalue weighted by Crippen LogP contribution is 2.26. The largest absolute Gasteiger partial charge is 0.456 e. The number of aliphatic imine (C=N–C) groups is 2. The molecule has 4 rings (SSSR count). The summed E-state index contributed by atoms with van der Waals surface area (Å²) in [5.41, 5.74) is 9.08. The molecule has 0 bridgehead atoms. The monoisotopic (exact) mass is 475 g/mol. The number of hydrogen-bond donors (Lipinski definition) is 1. The van der Waals surface area contributed by atoms with Crippen LogP contribution >= 0.6 is 0 Å². The lowest BCUT2D eigenvalue weighted by Crippen LogP contribution is -2.02. The molecule has 0 amide bonds. The zero-order valence-corrected chi connectivity index (χ0v) is 20.3. The van der Waals surface area contributed by atoms with Gasteiger partial charge in [0.25, 0.3) is 0 Å². The van der Waals surface area contributed by atoms with Crippen LogP contribution in [0.3, 0.4) is 0 Å². The predicted octanol–water partition coefficient (Wildman–Crippen LogP) is 5.52. The fraction of sp³-hybridized carbons (Fsp3) is 0.133. The summed E-state index contributed by atoms with van der Waals surface area (Å²) in [5, 5.41) is 1.04. The Hall–Kier alpha value is -4.60. The molecule has 2 N–H and O–H groups in total. The van der Waals surface area contributed by atoms with E-state index in [0.717, 1.165) is 39.1 Å². The number of allylic oxidation sites excluding steroid dienone is 3. The molecular weight excluding hydrogens is 446 g/mol. The van der Waals surface area contributed by atoms with Crippen molar-refractivity contribution in [1.29, 1.82) is 0 Å². The fourth-order valence-corrected chi connectivity index (χ4v) is 3.50. The maximum Gasteiger partial charge on any atom is 0.155 e. The summed E-state index contributed by atoms with van der Waals surface area (Å²) in [6.07, 6.45) is 16.0. The molecule has 0 fully saturated rings. The van der Waals surface area contributed by atoms with Crippen molar-refractivity contribution in [2.75, 3.05) is 13.6 Å². The van der Waals surface area contributed by atoms with Crippen molar-refractivity contribution in [1.82, 2.24) is 9.97 Å². The van der Waals surface area contributed by atoms with Crippen molar-refractivity contribution < 1.29 is 4.42 Å². The second-order valence-electron chi connectivity index (χ2n) is 7.58. The van der Waals surface area contributed by atoms with Crippen molar-refractivity contribution in [2.24, 2.45) is 15.7 Å². The Bertz CT molecular complexity index is 1360. The summed E-state index contributed by atoms with van der Waals surface area (Å²) >= 11 is 0. The van der Waals surface area contributed by atoms with E-state index in [9.17, 15) is 0 Å². The number of nitrogens with two attached hydrogens (primary N) is 1. The number of rotatable bonds is 8. The highest BCUT2D eigenvalue weighted by atomic mass is 16.3. The van der Waals surface area contributed by atoms with Gasteiger partial charge in [-0.05, 0) is 55.7 Å². The van der Waals surface area contributed by atoms with Crippen molar-refractivity contribution in [3.05, 3.63) is 114 Å². The van der Waals surface area contributed by atoms with Gasteiger partial charge < -0.3 is 10.2 Å². The maximum absolute atomic E-state index is 6.04. The average molecular weight is 476 g/mol. The number of fused-ring (bicyclic) bond motifs is 1. The SMILES string of the molecule is C#CC/C(=C\C=C(/CN=C(N=C)c1cccnc1)Cc1ccccn1)c1cc2ccccc2o1.CN. The van der Waals surface area contributed by atoms with Gasteiger partial charge in [-0.3, -0.25) is 15.0 Å². The quantitative estimate of drug-likeness (QED) is 0.157. The number of hydrogen-bond acceptors (Lipinski definition) is 5. The van der Waals surface area contributed by atoms with Gasteiger partial charge in [-0.2, -0.15) is 0 Å². The minimum absolute atomic E-state index is 0.430. The topological polar surface area (TPSA) is 89.7 Å². The van der Waals surface area contributed by atoms with Gasteiger partial charge in [0, 0.05) is 53.6 Å². The molecule has 6 heteroatoms. The number of benzene rings is 1. The Kier molecular flexibility index (Phi) is 10.1. The lowest BCUT2D eigenvalue weighted by molar-refractivity contribution is 0.598. The van der Waals surface area contributed by atoms with Gasteiger partial charge in [-0.1, -0.05) is 36.4 Å². The molecule has 0 saturated carbocycles. The van der Waals surface area contributed by atoms with Crippen LogP contribution in [-0.4, -0.2) is 36.1 Å². The Morgan fingerprint density at radius 3 is 2.61 bits per heavy atom. The Morgan fingerprint density at radius 1 is 1.08 bits per heavy atom. The van der Waals surface area contributed by atoms with Crippen LogP contribution in [0.4, 0.5) is 0 Å². The van der Waals surface area contributed by atoms with Crippen molar-refractivity contribution in [3.8, 4) is 12.3 Å². The number of para-hydroxylation sites is 1. The molecule has 0 saturated heterocycles. The van der Waals surface area contributed by atoms with E-state index in [-0.39, 0.29) is 0 Å². The molecule has 0 aliphatic carbocycles. The molecule has 36 heavy (non-hydrogen) atoms. The van der Waals surface area contributed by atoms with Gasteiger partial charge in [-0.25, -0.2) is 4.99 Å². The highest BCUT2D eigenvalue weighted by Gasteiger charge is 2.09. The van der Waals surface area contributed by atoms with Crippen molar-refractivity contribution in [2.45, 2.75) is 12.8 Å². The smallest absolute Gasteiger partial charge is 0.155 e. The van der Waals surface area contributed by atoms with Crippen LogP contribution < -0.4 is 5.73 Å². The Morgan fingerprint density at radius 2 is 1.92 bits per heavy atom. The lowest BCUT2D eigenvalue weighted by Gasteiger charge is -2.06. The first kappa shape index (κ1) is 26.0. The molecule has 0 aliphatic heterocycles. The molecule has 6 nitrogen and oxygen atoms in total. The van der Waals surface area contributed by atoms with Gasteiger partial charge in [0.1, 0.15) is 11.3 Å². The first-order chi connectivity index (χ1) is 17.8. The third-order valence-electron chi connectivity index (χ3n) is 5.19. The number of furan rings is 1. The van der Waals surface area contributed by atoms with E-state index in [1.165, 1.54) is 7.05 Å². The van der Waals surface area contributed by atoms with Gasteiger partial charge in [0.15, 0.2) is 5.84 Å². The standard InChI is InChI=1S/C29H24N4O.CH5N/c1-3-9-23(28-19-24-10-4-5-13-27(24)34-28)15-14-22(18-26-12-6-7-17-32-26)20-33-29(30-2)25-11-8-16-31-21-25;1-2/h1,4-8,10-17,19,21H,2,9,18,20H2;2H2,1H3/b22-14-,23-15+,33-29?;. The number of aromatic nitrogens is 2.